The lowest BCUT2D eigenvalue weighted by molar-refractivity contribution is -0.0617. The van der Waals surface area contributed by atoms with Crippen LogP contribution in [0.3, 0.4) is 0 Å². The normalized spacial score (nSPS) is 21.6. The quantitative estimate of drug-likeness (QED) is 0.578. The molecule has 2 aromatic carbocycles. The topological polar surface area (TPSA) is 33.7 Å². The Labute approximate surface area is 195 Å². The summed E-state index contributed by atoms with van der Waals surface area (Å²) in [6, 6.07) is 14.8. The molecule has 4 nitrogen and oxygen atoms in total. The van der Waals surface area contributed by atoms with Gasteiger partial charge in [-0.25, -0.2) is 0 Å². The van der Waals surface area contributed by atoms with Crippen LogP contribution in [0.25, 0.3) is 0 Å². The van der Waals surface area contributed by atoms with Gasteiger partial charge in [-0.1, -0.05) is 50.1 Å². The van der Waals surface area contributed by atoms with E-state index in [1.54, 1.807) is 0 Å². The van der Waals surface area contributed by atoms with E-state index >= 15 is 0 Å². The molecule has 2 atom stereocenters. The highest BCUT2D eigenvalue weighted by Gasteiger charge is 2.36. The average Bonchev–Trinajstić information content (AvgIpc) is 2.66. The first-order valence-corrected chi connectivity index (χ1v) is 10.5. The molecule has 2 aromatic rings. The Balaban J connectivity index is 0.00000140. The zero-order chi connectivity index (χ0) is 17.9. The van der Waals surface area contributed by atoms with Crippen molar-refractivity contribution in [1.29, 1.82) is 0 Å². The molecule has 1 fully saturated rings. The molecule has 0 aliphatic carbocycles. The van der Waals surface area contributed by atoms with Gasteiger partial charge in [0.1, 0.15) is 18.5 Å². The molecule has 0 spiro atoms. The number of hydrogen-bond acceptors (Lipinski definition) is 4. The van der Waals surface area contributed by atoms with Crippen LogP contribution in [0.2, 0.25) is 0 Å². The second-order valence-corrected chi connectivity index (χ2v) is 8.54. The van der Waals surface area contributed by atoms with Gasteiger partial charge < -0.3 is 14.8 Å². The Morgan fingerprint density at radius 3 is 2.43 bits per heavy atom. The lowest BCUT2D eigenvalue weighted by atomic mass is 9.95. The Morgan fingerprint density at radius 1 is 1.04 bits per heavy atom. The third-order valence-corrected chi connectivity index (χ3v) is 5.84. The minimum absolute atomic E-state index is 0. The van der Waals surface area contributed by atoms with Gasteiger partial charge in [-0.3, -0.25) is 4.90 Å². The van der Waals surface area contributed by atoms with Crippen LogP contribution in [-0.2, 0) is 11.3 Å². The lowest BCUT2D eigenvalue weighted by Crippen LogP contribution is -2.51. The predicted molar refractivity (Wildman–Crippen MR) is 124 cm³/mol. The minimum Gasteiger partial charge on any atom is -0.490 e. The number of para-hydroxylation sites is 1. The first-order chi connectivity index (χ1) is 12.7. The number of fused-ring (bicyclic) bond motifs is 1. The first kappa shape index (κ1) is 23.9. The maximum atomic E-state index is 6.37. The predicted octanol–water partition coefficient (Wildman–Crippen LogP) is 4.98. The van der Waals surface area contributed by atoms with E-state index in [0.29, 0.717) is 13.2 Å². The second-order valence-electron chi connectivity index (χ2n) is 6.71. The number of benzene rings is 2. The van der Waals surface area contributed by atoms with E-state index in [-0.39, 0.29) is 37.0 Å². The molecule has 0 radical (unpaired) electrons. The summed E-state index contributed by atoms with van der Waals surface area (Å²) in [7, 11) is 0. The second kappa shape index (κ2) is 11.2. The summed E-state index contributed by atoms with van der Waals surface area (Å²) in [4.78, 5) is 2.53. The summed E-state index contributed by atoms with van der Waals surface area (Å²) in [6.07, 6.45) is 0.0146. The summed E-state index contributed by atoms with van der Waals surface area (Å²) in [5.74, 6) is 0.987. The number of hydrogen-bond donors (Lipinski definition) is 1. The Hall–Kier alpha value is -0.340. The Bertz CT molecular complexity index is 755. The fourth-order valence-corrected chi connectivity index (χ4v) is 5.14. The maximum Gasteiger partial charge on any atom is 0.124 e. The van der Waals surface area contributed by atoms with E-state index in [0.717, 1.165) is 46.4 Å². The molecule has 0 bridgehead atoms. The van der Waals surface area contributed by atoms with Crippen LogP contribution in [0, 0.1) is 0 Å². The van der Waals surface area contributed by atoms with E-state index in [2.05, 4.69) is 72.4 Å². The van der Waals surface area contributed by atoms with Crippen LogP contribution in [0.15, 0.2) is 51.4 Å². The maximum absolute atomic E-state index is 6.37. The fraction of sp³-hybridized carbons (Fsp3) is 0.400. The highest BCUT2D eigenvalue weighted by atomic mass is 79.9. The summed E-state index contributed by atoms with van der Waals surface area (Å²) in [5, 5.41) is 3.44. The number of rotatable bonds is 4. The molecule has 0 amide bonds. The van der Waals surface area contributed by atoms with Crippen molar-refractivity contribution in [2.45, 2.75) is 18.8 Å². The molecule has 2 aliphatic heterocycles. The highest BCUT2D eigenvalue weighted by molar-refractivity contribution is 9.11. The summed E-state index contributed by atoms with van der Waals surface area (Å²) in [6.45, 7) is 5.25. The van der Waals surface area contributed by atoms with E-state index in [1.165, 1.54) is 5.56 Å². The molecule has 2 unspecified atom stereocenters. The third kappa shape index (κ3) is 5.63. The first-order valence-electron chi connectivity index (χ1n) is 8.94. The van der Waals surface area contributed by atoms with Crippen molar-refractivity contribution in [3.05, 3.63) is 62.5 Å². The van der Waals surface area contributed by atoms with Crippen LogP contribution < -0.4 is 10.1 Å². The van der Waals surface area contributed by atoms with Crippen molar-refractivity contribution < 1.29 is 9.47 Å². The van der Waals surface area contributed by atoms with Crippen LogP contribution in [-0.4, -0.2) is 43.8 Å². The summed E-state index contributed by atoms with van der Waals surface area (Å²) < 4.78 is 14.5. The van der Waals surface area contributed by atoms with E-state index < -0.39 is 0 Å². The molecule has 1 N–H and O–H groups in total. The smallest absolute Gasteiger partial charge is 0.124 e. The van der Waals surface area contributed by atoms with Crippen LogP contribution in [0.1, 0.15) is 17.2 Å². The summed E-state index contributed by atoms with van der Waals surface area (Å²) in [5.41, 5.74) is 2.38. The molecule has 28 heavy (non-hydrogen) atoms. The molecule has 4 rings (SSSR count). The van der Waals surface area contributed by atoms with Crippen LogP contribution >= 0.6 is 56.7 Å². The van der Waals surface area contributed by atoms with Gasteiger partial charge in [0.25, 0.3) is 0 Å². The van der Waals surface area contributed by atoms with Crippen molar-refractivity contribution in [3.63, 3.8) is 0 Å². The minimum atomic E-state index is 0. The van der Waals surface area contributed by atoms with Crippen molar-refractivity contribution in [2.75, 3.05) is 32.8 Å². The molecule has 0 saturated carbocycles. The van der Waals surface area contributed by atoms with Crippen molar-refractivity contribution in [3.8, 4) is 5.75 Å². The van der Waals surface area contributed by atoms with E-state index in [9.17, 15) is 0 Å². The SMILES string of the molecule is Brc1cc(Br)cc(COC2COc3ccccc3C2N2CCNCC2)c1.Cl.Cl. The van der Waals surface area contributed by atoms with Gasteiger partial charge in [0, 0.05) is 40.7 Å². The van der Waals surface area contributed by atoms with Crippen LogP contribution in [0.4, 0.5) is 0 Å². The molecule has 2 aliphatic rings. The fourth-order valence-electron chi connectivity index (χ4n) is 3.75. The number of piperazine rings is 1. The molecule has 2 heterocycles. The third-order valence-electron chi connectivity index (χ3n) is 4.92. The van der Waals surface area contributed by atoms with Gasteiger partial charge in [-0.05, 0) is 29.8 Å². The van der Waals surface area contributed by atoms with Crippen molar-refractivity contribution in [1.82, 2.24) is 10.2 Å². The van der Waals surface area contributed by atoms with E-state index in [1.807, 2.05) is 12.1 Å². The van der Waals surface area contributed by atoms with Gasteiger partial charge in [0.15, 0.2) is 0 Å². The largest absolute Gasteiger partial charge is 0.490 e. The average molecular weight is 555 g/mol. The molecular weight excluding hydrogens is 531 g/mol. The molecule has 8 heteroatoms. The number of ether oxygens (including phenoxy) is 2. The molecule has 1 saturated heterocycles. The van der Waals surface area contributed by atoms with Gasteiger partial charge in [-0.2, -0.15) is 0 Å². The standard InChI is InChI=1S/C20H22Br2N2O2.2ClH/c21-15-9-14(10-16(22)11-15)12-25-19-13-26-18-4-2-1-3-17(18)20(19)24-7-5-23-6-8-24;;/h1-4,9-11,19-20,23H,5-8,12-13H2;2*1H. The highest BCUT2D eigenvalue weighted by Crippen LogP contribution is 2.37. The Kier molecular flexibility index (Phi) is 9.54. The van der Waals surface area contributed by atoms with Gasteiger partial charge in [0.05, 0.1) is 12.6 Å². The number of nitrogens with one attached hydrogen (secondary N) is 1. The molecule has 0 aromatic heterocycles. The van der Waals surface area contributed by atoms with Gasteiger partial charge in [0.2, 0.25) is 0 Å². The zero-order valence-corrected chi connectivity index (χ0v) is 20.1. The number of halogens is 4. The molecular formula is C20H24Br2Cl2N2O2. The van der Waals surface area contributed by atoms with Crippen molar-refractivity contribution >= 4 is 56.7 Å². The monoisotopic (exact) mass is 552 g/mol. The van der Waals surface area contributed by atoms with E-state index in [4.69, 9.17) is 9.47 Å². The molecule has 154 valence electrons. The van der Waals surface area contributed by atoms with Crippen molar-refractivity contribution in [2.24, 2.45) is 0 Å². The van der Waals surface area contributed by atoms with Gasteiger partial charge in [-0.15, -0.1) is 24.8 Å². The van der Waals surface area contributed by atoms with Gasteiger partial charge >= 0.3 is 0 Å². The lowest BCUT2D eigenvalue weighted by Gasteiger charge is -2.42. The zero-order valence-electron chi connectivity index (χ0n) is 15.3. The number of nitrogens with zero attached hydrogens (tertiary/aromatic N) is 1. The Morgan fingerprint density at radius 2 is 1.71 bits per heavy atom. The van der Waals surface area contributed by atoms with Crippen LogP contribution in [0.5, 0.6) is 5.75 Å². The summed E-state index contributed by atoms with van der Waals surface area (Å²) >= 11 is 7.10.